The molecule has 2 N–H and O–H groups in total. The van der Waals surface area contributed by atoms with Gasteiger partial charge in [0.15, 0.2) is 0 Å². The molecule has 0 amide bonds. The Morgan fingerprint density at radius 2 is 2.05 bits per heavy atom. The van der Waals surface area contributed by atoms with Gasteiger partial charge in [0.2, 0.25) is 11.7 Å². The van der Waals surface area contributed by atoms with Crippen LogP contribution in [-0.4, -0.2) is 16.7 Å². The largest absolute Gasteiger partial charge is 0.338 e. The van der Waals surface area contributed by atoms with Gasteiger partial charge in [-0.1, -0.05) is 34.8 Å². The van der Waals surface area contributed by atoms with Gasteiger partial charge in [-0.2, -0.15) is 4.98 Å². The minimum atomic E-state index is -0.124. The average molecular weight is 298 g/mol. The van der Waals surface area contributed by atoms with Crippen molar-refractivity contribution in [2.75, 3.05) is 6.54 Å². The number of hydrogen-bond donors (Lipinski definition) is 1. The minimum absolute atomic E-state index is 0.124. The Morgan fingerprint density at radius 3 is 2.63 bits per heavy atom. The van der Waals surface area contributed by atoms with Gasteiger partial charge in [-0.15, -0.1) is 0 Å². The predicted molar refractivity (Wildman–Crippen MR) is 74.3 cm³/mol. The fourth-order valence-electron chi connectivity index (χ4n) is 2.30. The number of benzene rings is 1. The SMILES string of the molecule is NCC1(c2nc(-c3ccc(Cl)c(Cl)c3)no2)CCC1. The highest BCUT2D eigenvalue weighted by atomic mass is 35.5. The van der Waals surface area contributed by atoms with Gasteiger partial charge < -0.3 is 10.3 Å². The van der Waals surface area contributed by atoms with Crippen molar-refractivity contribution in [2.24, 2.45) is 5.73 Å². The van der Waals surface area contributed by atoms with E-state index in [1.165, 1.54) is 0 Å². The molecular weight excluding hydrogens is 285 g/mol. The molecule has 0 radical (unpaired) electrons. The van der Waals surface area contributed by atoms with Crippen molar-refractivity contribution in [3.05, 3.63) is 34.1 Å². The van der Waals surface area contributed by atoms with Crippen molar-refractivity contribution in [1.82, 2.24) is 10.1 Å². The van der Waals surface area contributed by atoms with Crippen molar-refractivity contribution >= 4 is 23.2 Å². The van der Waals surface area contributed by atoms with Gasteiger partial charge in [0.05, 0.1) is 15.5 Å². The van der Waals surface area contributed by atoms with Gasteiger partial charge in [0.25, 0.3) is 0 Å². The third-order valence-electron chi connectivity index (χ3n) is 3.76. The van der Waals surface area contributed by atoms with Gasteiger partial charge in [-0.3, -0.25) is 0 Å². The quantitative estimate of drug-likeness (QED) is 0.943. The first-order chi connectivity index (χ1) is 9.14. The van der Waals surface area contributed by atoms with Crippen LogP contribution in [0.25, 0.3) is 11.4 Å². The Hall–Kier alpha value is -1.10. The predicted octanol–water partition coefficient (Wildman–Crippen LogP) is 3.42. The first-order valence-electron chi connectivity index (χ1n) is 6.14. The summed E-state index contributed by atoms with van der Waals surface area (Å²) in [5.74, 6) is 1.15. The van der Waals surface area contributed by atoms with Crippen LogP contribution in [0.3, 0.4) is 0 Å². The Morgan fingerprint density at radius 1 is 1.26 bits per heavy atom. The van der Waals surface area contributed by atoms with Crippen LogP contribution in [0.15, 0.2) is 22.7 Å². The molecule has 0 saturated heterocycles. The fraction of sp³-hybridized carbons (Fsp3) is 0.385. The average Bonchev–Trinajstić information content (AvgIpc) is 2.82. The minimum Gasteiger partial charge on any atom is -0.338 e. The Labute approximate surface area is 120 Å². The molecule has 100 valence electrons. The van der Waals surface area contributed by atoms with Gasteiger partial charge in [0.1, 0.15) is 0 Å². The zero-order chi connectivity index (χ0) is 13.5. The highest BCUT2D eigenvalue weighted by Gasteiger charge is 2.42. The molecule has 1 aliphatic rings. The van der Waals surface area contributed by atoms with Crippen LogP contribution in [0.4, 0.5) is 0 Å². The van der Waals surface area contributed by atoms with Gasteiger partial charge in [-0.25, -0.2) is 0 Å². The van der Waals surface area contributed by atoms with E-state index in [-0.39, 0.29) is 5.41 Å². The lowest BCUT2D eigenvalue weighted by Crippen LogP contribution is -2.41. The summed E-state index contributed by atoms with van der Waals surface area (Å²) in [5, 5.41) is 4.99. The van der Waals surface area contributed by atoms with Crippen molar-refractivity contribution < 1.29 is 4.52 Å². The normalized spacial score (nSPS) is 17.2. The summed E-state index contributed by atoms with van der Waals surface area (Å²) in [4.78, 5) is 4.46. The molecular formula is C13H13Cl2N3O. The van der Waals surface area contributed by atoms with Crippen LogP contribution in [0.2, 0.25) is 10.0 Å². The molecule has 1 aromatic heterocycles. The number of rotatable bonds is 3. The molecule has 1 fully saturated rings. The number of aromatic nitrogens is 2. The maximum atomic E-state index is 5.99. The Bertz CT molecular complexity index is 602. The molecule has 6 heteroatoms. The van der Waals surface area contributed by atoms with E-state index in [4.69, 9.17) is 33.5 Å². The van der Waals surface area contributed by atoms with E-state index in [9.17, 15) is 0 Å². The Kier molecular flexibility index (Phi) is 3.25. The maximum Gasteiger partial charge on any atom is 0.234 e. The number of nitrogens with two attached hydrogens (primary N) is 1. The smallest absolute Gasteiger partial charge is 0.234 e. The van der Waals surface area contributed by atoms with E-state index in [2.05, 4.69) is 10.1 Å². The van der Waals surface area contributed by atoms with Crippen LogP contribution >= 0.6 is 23.2 Å². The zero-order valence-corrected chi connectivity index (χ0v) is 11.7. The third-order valence-corrected chi connectivity index (χ3v) is 4.50. The summed E-state index contributed by atoms with van der Waals surface area (Å²) < 4.78 is 5.37. The van der Waals surface area contributed by atoms with Crippen molar-refractivity contribution in [3.8, 4) is 11.4 Å². The summed E-state index contributed by atoms with van der Waals surface area (Å²) in [6, 6.07) is 5.27. The Balaban J connectivity index is 1.94. The van der Waals surface area contributed by atoms with E-state index >= 15 is 0 Å². The summed E-state index contributed by atoms with van der Waals surface area (Å²) in [6.07, 6.45) is 3.17. The van der Waals surface area contributed by atoms with E-state index in [1.54, 1.807) is 12.1 Å². The second kappa shape index (κ2) is 4.78. The van der Waals surface area contributed by atoms with Crippen LogP contribution in [0, 0.1) is 0 Å². The lowest BCUT2D eigenvalue weighted by Gasteiger charge is -2.36. The van der Waals surface area contributed by atoms with Crippen LogP contribution in [-0.2, 0) is 5.41 Å². The lowest BCUT2D eigenvalue weighted by atomic mass is 9.69. The molecule has 1 heterocycles. The lowest BCUT2D eigenvalue weighted by molar-refractivity contribution is 0.182. The van der Waals surface area contributed by atoms with Crippen LogP contribution in [0.5, 0.6) is 0 Å². The van der Waals surface area contributed by atoms with Gasteiger partial charge in [-0.05, 0) is 31.0 Å². The summed E-state index contributed by atoms with van der Waals surface area (Å²) in [6.45, 7) is 0.538. The third kappa shape index (κ3) is 2.14. The maximum absolute atomic E-state index is 5.99. The second-order valence-electron chi connectivity index (χ2n) is 4.89. The second-order valence-corrected chi connectivity index (χ2v) is 5.70. The molecule has 0 unspecified atom stereocenters. The highest BCUT2D eigenvalue weighted by Crippen LogP contribution is 2.42. The number of hydrogen-bond acceptors (Lipinski definition) is 4. The van der Waals surface area contributed by atoms with Gasteiger partial charge >= 0.3 is 0 Å². The monoisotopic (exact) mass is 297 g/mol. The molecule has 1 aliphatic carbocycles. The van der Waals surface area contributed by atoms with E-state index in [0.717, 1.165) is 24.8 Å². The first kappa shape index (κ1) is 12.9. The van der Waals surface area contributed by atoms with Gasteiger partial charge in [0, 0.05) is 12.1 Å². The summed E-state index contributed by atoms with van der Waals surface area (Å²) >= 11 is 11.9. The van der Waals surface area contributed by atoms with Crippen LogP contribution < -0.4 is 5.73 Å². The number of nitrogens with zero attached hydrogens (tertiary/aromatic N) is 2. The van der Waals surface area contributed by atoms with Crippen molar-refractivity contribution in [2.45, 2.75) is 24.7 Å². The topological polar surface area (TPSA) is 64.9 Å². The molecule has 19 heavy (non-hydrogen) atoms. The fourth-order valence-corrected chi connectivity index (χ4v) is 2.60. The van der Waals surface area contributed by atoms with E-state index in [0.29, 0.717) is 28.3 Å². The highest BCUT2D eigenvalue weighted by molar-refractivity contribution is 6.42. The van der Waals surface area contributed by atoms with E-state index < -0.39 is 0 Å². The van der Waals surface area contributed by atoms with E-state index in [1.807, 2.05) is 6.07 Å². The first-order valence-corrected chi connectivity index (χ1v) is 6.90. The summed E-state index contributed by atoms with van der Waals surface area (Å²) in [5.41, 5.74) is 6.49. The van der Waals surface area contributed by atoms with Crippen molar-refractivity contribution in [3.63, 3.8) is 0 Å². The molecule has 1 saturated carbocycles. The molecule has 3 rings (SSSR count). The zero-order valence-electron chi connectivity index (χ0n) is 10.2. The molecule has 2 aromatic rings. The molecule has 0 spiro atoms. The van der Waals surface area contributed by atoms with Crippen LogP contribution in [0.1, 0.15) is 25.2 Å². The standard InChI is InChI=1S/C13H13Cl2N3O/c14-9-3-2-8(6-10(9)15)11-17-12(19-18-11)13(7-16)4-1-5-13/h2-3,6H,1,4-5,7,16H2. The molecule has 0 atom stereocenters. The molecule has 1 aromatic carbocycles. The molecule has 0 bridgehead atoms. The van der Waals surface area contributed by atoms with Crippen molar-refractivity contribution in [1.29, 1.82) is 0 Å². The molecule has 0 aliphatic heterocycles. The number of halogens is 2. The molecule has 4 nitrogen and oxygen atoms in total. The summed E-state index contributed by atoms with van der Waals surface area (Å²) in [7, 11) is 0.